The van der Waals surface area contributed by atoms with Gasteiger partial charge in [-0.3, -0.25) is 0 Å². The standard InChI is InChI=1S/C23H28FN3/c24-20-13-11-19(12-14-20)18-27-22-9-4-3-8-21(22)25-23(27)10-7-17-26-15-5-1-2-6-16-26/h3-4,8-9,11-14H,1-2,5-7,10,15-18H2. The Labute approximate surface area is 160 Å². The smallest absolute Gasteiger partial charge is 0.123 e. The van der Waals surface area contributed by atoms with Crippen LogP contribution in [0.2, 0.25) is 0 Å². The molecule has 2 aromatic carbocycles. The van der Waals surface area contributed by atoms with Crippen LogP contribution in [0.25, 0.3) is 11.0 Å². The first-order valence-corrected chi connectivity index (χ1v) is 10.2. The lowest BCUT2D eigenvalue weighted by molar-refractivity contribution is 0.280. The molecule has 1 aliphatic heterocycles. The van der Waals surface area contributed by atoms with Gasteiger partial charge in [0.25, 0.3) is 0 Å². The predicted molar refractivity (Wildman–Crippen MR) is 108 cm³/mol. The third-order valence-electron chi connectivity index (χ3n) is 5.56. The van der Waals surface area contributed by atoms with Crippen molar-refractivity contribution in [2.75, 3.05) is 19.6 Å². The quantitative estimate of drug-likeness (QED) is 0.611. The van der Waals surface area contributed by atoms with Crippen LogP contribution < -0.4 is 0 Å². The number of likely N-dealkylation sites (tertiary alicyclic amines) is 1. The molecular formula is C23H28FN3. The summed E-state index contributed by atoms with van der Waals surface area (Å²) in [6.45, 7) is 4.37. The van der Waals surface area contributed by atoms with Gasteiger partial charge < -0.3 is 9.47 Å². The molecule has 4 heteroatoms. The van der Waals surface area contributed by atoms with Gasteiger partial charge in [-0.2, -0.15) is 0 Å². The van der Waals surface area contributed by atoms with Crippen molar-refractivity contribution in [3.8, 4) is 0 Å². The number of rotatable bonds is 6. The van der Waals surface area contributed by atoms with Crippen LogP contribution in [-0.4, -0.2) is 34.1 Å². The van der Waals surface area contributed by atoms with Gasteiger partial charge in [-0.25, -0.2) is 9.37 Å². The number of aryl methyl sites for hydroxylation is 1. The highest BCUT2D eigenvalue weighted by Crippen LogP contribution is 2.20. The molecule has 27 heavy (non-hydrogen) atoms. The van der Waals surface area contributed by atoms with Crippen molar-refractivity contribution in [3.63, 3.8) is 0 Å². The number of aromatic nitrogens is 2. The summed E-state index contributed by atoms with van der Waals surface area (Å²) >= 11 is 0. The number of hydrogen-bond donors (Lipinski definition) is 0. The summed E-state index contributed by atoms with van der Waals surface area (Å²) < 4.78 is 15.5. The van der Waals surface area contributed by atoms with E-state index < -0.39 is 0 Å². The molecule has 0 saturated carbocycles. The Morgan fingerprint density at radius 1 is 0.889 bits per heavy atom. The Bertz CT molecular complexity index is 861. The highest BCUT2D eigenvalue weighted by Gasteiger charge is 2.13. The van der Waals surface area contributed by atoms with Gasteiger partial charge in [-0.15, -0.1) is 0 Å². The summed E-state index contributed by atoms with van der Waals surface area (Å²) in [5, 5.41) is 0. The second-order valence-electron chi connectivity index (χ2n) is 7.59. The van der Waals surface area contributed by atoms with E-state index in [1.54, 1.807) is 0 Å². The fraction of sp³-hybridized carbons (Fsp3) is 0.435. The summed E-state index contributed by atoms with van der Waals surface area (Å²) in [6, 6.07) is 15.1. The molecular weight excluding hydrogens is 337 g/mol. The summed E-state index contributed by atoms with van der Waals surface area (Å²) in [4.78, 5) is 7.51. The molecule has 3 nitrogen and oxygen atoms in total. The minimum atomic E-state index is -0.188. The first-order chi connectivity index (χ1) is 13.3. The number of halogens is 1. The molecule has 0 bridgehead atoms. The molecule has 3 aromatic rings. The molecule has 1 saturated heterocycles. The first kappa shape index (κ1) is 18.2. The number of imidazole rings is 1. The van der Waals surface area contributed by atoms with Crippen molar-refractivity contribution in [1.29, 1.82) is 0 Å². The maximum Gasteiger partial charge on any atom is 0.123 e. The van der Waals surface area contributed by atoms with Crippen LogP contribution in [0.5, 0.6) is 0 Å². The highest BCUT2D eigenvalue weighted by molar-refractivity contribution is 5.76. The molecule has 0 radical (unpaired) electrons. The molecule has 0 aliphatic carbocycles. The molecule has 4 rings (SSSR count). The topological polar surface area (TPSA) is 21.1 Å². The molecule has 0 amide bonds. The molecule has 142 valence electrons. The van der Waals surface area contributed by atoms with Crippen LogP contribution >= 0.6 is 0 Å². The lowest BCUT2D eigenvalue weighted by Crippen LogP contribution is -2.26. The summed E-state index contributed by atoms with van der Waals surface area (Å²) in [6.07, 6.45) is 7.54. The van der Waals surface area contributed by atoms with Crippen LogP contribution in [0, 0.1) is 5.82 Å². The largest absolute Gasteiger partial charge is 0.323 e. The molecule has 1 fully saturated rings. The van der Waals surface area contributed by atoms with E-state index in [4.69, 9.17) is 4.98 Å². The average molecular weight is 365 g/mol. The molecule has 0 N–H and O–H groups in total. The van der Waals surface area contributed by atoms with Crippen LogP contribution in [0.15, 0.2) is 48.5 Å². The Morgan fingerprint density at radius 2 is 1.63 bits per heavy atom. The lowest BCUT2D eigenvalue weighted by Gasteiger charge is -2.19. The van der Waals surface area contributed by atoms with Crippen molar-refractivity contribution < 1.29 is 4.39 Å². The number of hydrogen-bond acceptors (Lipinski definition) is 2. The van der Waals surface area contributed by atoms with Gasteiger partial charge in [0.05, 0.1) is 11.0 Å². The highest BCUT2D eigenvalue weighted by atomic mass is 19.1. The maximum atomic E-state index is 13.2. The Kier molecular flexibility index (Phi) is 5.83. The van der Waals surface area contributed by atoms with E-state index in [0.717, 1.165) is 48.4 Å². The van der Waals surface area contributed by atoms with Gasteiger partial charge in [0, 0.05) is 13.0 Å². The van der Waals surface area contributed by atoms with Crippen molar-refractivity contribution in [3.05, 3.63) is 65.7 Å². The van der Waals surface area contributed by atoms with E-state index in [9.17, 15) is 4.39 Å². The fourth-order valence-corrected chi connectivity index (χ4v) is 4.09. The molecule has 0 unspecified atom stereocenters. The Hall–Kier alpha value is -2.20. The summed E-state index contributed by atoms with van der Waals surface area (Å²) in [5.41, 5.74) is 3.31. The fourth-order valence-electron chi connectivity index (χ4n) is 4.09. The average Bonchev–Trinajstić information content (AvgIpc) is 2.84. The van der Waals surface area contributed by atoms with Crippen molar-refractivity contribution in [2.24, 2.45) is 0 Å². The summed E-state index contributed by atoms with van der Waals surface area (Å²) in [5.74, 6) is 0.947. The van der Waals surface area contributed by atoms with Gasteiger partial charge in [0.2, 0.25) is 0 Å². The maximum absolute atomic E-state index is 13.2. The van der Waals surface area contributed by atoms with E-state index >= 15 is 0 Å². The van der Waals surface area contributed by atoms with E-state index in [-0.39, 0.29) is 5.82 Å². The lowest BCUT2D eigenvalue weighted by atomic mass is 10.2. The zero-order valence-electron chi connectivity index (χ0n) is 15.9. The van der Waals surface area contributed by atoms with E-state index in [1.807, 2.05) is 18.2 Å². The minimum absolute atomic E-state index is 0.188. The SMILES string of the molecule is Fc1ccc(Cn2c(CCCN3CCCCCC3)nc3ccccc32)cc1. The normalized spacial score (nSPS) is 15.9. The second kappa shape index (κ2) is 8.66. The molecule has 1 aromatic heterocycles. The zero-order chi connectivity index (χ0) is 18.5. The van der Waals surface area contributed by atoms with Gasteiger partial charge in [-0.1, -0.05) is 37.1 Å². The Balaban J connectivity index is 1.50. The van der Waals surface area contributed by atoms with Gasteiger partial charge in [0.1, 0.15) is 11.6 Å². The van der Waals surface area contributed by atoms with Crippen LogP contribution in [0.1, 0.15) is 43.5 Å². The van der Waals surface area contributed by atoms with E-state index in [1.165, 1.54) is 50.9 Å². The third-order valence-corrected chi connectivity index (χ3v) is 5.56. The summed E-state index contributed by atoms with van der Waals surface area (Å²) in [7, 11) is 0. The second-order valence-corrected chi connectivity index (χ2v) is 7.59. The molecule has 0 spiro atoms. The van der Waals surface area contributed by atoms with Crippen molar-refractivity contribution in [2.45, 2.75) is 45.1 Å². The van der Waals surface area contributed by atoms with Crippen molar-refractivity contribution >= 4 is 11.0 Å². The number of nitrogens with zero attached hydrogens (tertiary/aromatic N) is 3. The van der Waals surface area contributed by atoms with Gasteiger partial charge >= 0.3 is 0 Å². The van der Waals surface area contributed by atoms with Crippen molar-refractivity contribution in [1.82, 2.24) is 14.5 Å². The minimum Gasteiger partial charge on any atom is -0.323 e. The monoisotopic (exact) mass is 365 g/mol. The van der Waals surface area contributed by atoms with Crippen LogP contribution in [0.3, 0.4) is 0 Å². The van der Waals surface area contributed by atoms with Gasteiger partial charge in [0.15, 0.2) is 0 Å². The van der Waals surface area contributed by atoms with Gasteiger partial charge in [-0.05, 0) is 68.7 Å². The third kappa shape index (κ3) is 4.56. The number of fused-ring (bicyclic) bond motifs is 1. The van der Waals surface area contributed by atoms with Crippen LogP contribution in [-0.2, 0) is 13.0 Å². The van der Waals surface area contributed by atoms with E-state index in [0.29, 0.717) is 0 Å². The Morgan fingerprint density at radius 3 is 2.41 bits per heavy atom. The molecule has 2 heterocycles. The zero-order valence-corrected chi connectivity index (χ0v) is 15.9. The number of benzene rings is 2. The first-order valence-electron chi connectivity index (χ1n) is 10.2. The number of para-hydroxylation sites is 2. The molecule has 0 atom stereocenters. The molecule has 1 aliphatic rings. The van der Waals surface area contributed by atoms with Crippen LogP contribution in [0.4, 0.5) is 4.39 Å². The predicted octanol–water partition coefficient (Wildman–Crippen LogP) is 5.03. The van der Waals surface area contributed by atoms with E-state index in [2.05, 4.69) is 27.7 Å².